The van der Waals surface area contributed by atoms with E-state index in [9.17, 15) is 9.18 Å². The van der Waals surface area contributed by atoms with Crippen LogP contribution in [-0.4, -0.2) is 5.91 Å². The SMILES string of the molecule is NC(=O)C(Nc1ccc(F)c(Cl)c1)c1ccccc1. The van der Waals surface area contributed by atoms with Gasteiger partial charge in [-0.05, 0) is 23.8 Å². The van der Waals surface area contributed by atoms with Crippen LogP contribution in [0.3, 0.4) is 0 Å². The van der Waals surface area contributed by atoms with Crippen LogP contribution >= 0.6 is 11.6 Å². The fraction of sp³-hybridized carbons (Fsp3) is 0.0714. The average Bonchev–Trinajstić information content (AvgIpc) is 2.40. The summed E-state index contributed by atoms with van der Waals surface area (Å²) < 4.78 is 13.1. The summed E-state index contributed by atoms with van der Waals surface area (Å²) >= 11 is 5.69. The summed E-state index contributed by atoms with van der Waals surface area (Å²) in [6.07, 6.45) is 0. The molecule has 1 amide bonds. The van der Waals surface area contributed by atoms with E-state index in [1.54, 1.807) is 12.1 Å². The van der Waals surface area contributed by atoms with Crippen LogP contribution in [0.25, 0.3) is 0 Å². The number of carbonyl (C=O) groups excluding carboxylic acids is 1. The van der Waals surface area contributed by atoms with Gasteiger partial charge in [0.2, 0.25) is 5.91 Å². The van der Waals surface area contributed by atoms with E-state index < -0.39 is 17.8 Å². The van der Waals surface area contributed by atoms with Crippen LogP contribution in [0.2, 0.25) is 5.02 Å². The van der Waals surface area contributed by atoms with Crippen molar-refractivity contribution in [3.8, 4) is 0 Å². The standard InChI is InChI=1S/C14H12ClFN2O/c15-11-8-10(6-7-12(11)16)18-13(14(17)19)9-4-2-1-3-5-9/h1-8,13,18H,(H2,17,19). The van der Waals surface area contributed by atoms with E-state index in [2.05, 4.69) is 5.32 Å². The van der Waals surface area contributed by atoms with Crippen LogP contribution in [0.5, 0.6) is 0 Å². The molecule has 5 heteroatoms. The van der Waals surface area contributed by atoms with Crippen LogP contribution < -0.4 is 11.1 Å². The van der Waals surface area contributed by atoms with Gasteiger partial charge < -0.3 is 11.1 Å². The number of nitrogens with one attached hydrogen (secondary N) is 1. The highest BCUT2D eigenvalue weighted by Gasteiger charge is 2.17. The summed E-state index contributed by atoms with van der Waals surface area (Å²) in [6.45, 7) is 0. The molecule has 2 aromatic rings. The van der Waals surface area contributed by atoms with E-state index in [1.165, 1.54) is 18.2 Å². The van der Waals surface area contributed by atoms with Gasteiger partial charge in [-0.25, -0.2) is 4.39 Å². The summed E-state index contributed by atoms with van der Waals surface area (Å²) in [5, 5.41) is 2.92. The van der Waals surface area contributed by atoms with Crippen molar-refractivity contribution in [2.45, 2.75) is 6.04 Å². The molecular weight excluding hydrogens is 267 g/mol. The molecule has 3 N–H and O–H groups in total. The van der Waals surface area contributed by atoms with Crippen molar-refractivity contribution in [3.63, 3.8) is 0 Å². The first-order valence-corrected chi connectivity index (χ1v) is 6.01. The van der Waals surface area contributed by atoms with Gasteiger partial charge in [-0.15, -0.1) is 0 Å². The smallest absolute Gasteiger partial charge is 0.244 e. The zero-order chi connectivity index (χ0) is 13.8. The molecule has 0 spiro atoms. The van der Waals surface area contributed by atoms with E-state index in [0.717, 1.165) is 5.56 Å². The maximum atomic E-state index is 13.1. The highest BCUT2D eigenvalue weighted by Crippen LogP contribution is 2.23. The van der Waals surface area contributed by atoms with Crippen molar-refractivity contribution in [1.82, 2.24) is 0 Å². The number of rotatable bonds is 4. The monoisotopic (exact) mass is 278 g/mol. The summed E-state index contributed by atoms with van der Waals surface area (Å²) in [7, 11) is 0. The molecular formula is C14H12ClFN2O. The number of hydrogen-bond donors (Lipinski definition) is 2. The molecule has 1 unspecified atom stereocenters. The Morgan fingerprint density at radius 3 is 2.47 bits per heavy atom. The molecule has 2 rings (SSSR count). The largest absolute Gasteiger partial charge is 0.370 e. The zero-order valence-corrected chi connectivity index (χ0v) is 10.7. The first-order valence-electron chi connectivity index (χ1n) is 5.64. The molecule has 19 heavy (non-hydrogen) atoms. The van der Waals surface area contributed by atoms with Crippen LogP contribution in [-0.2, 0) is 4.79 Å². The van der Waals surface area contributed by atoms with Crippen molar-refractivity contribution in [3.05, 3.63) is 64.9 Å². The molecule has 0 aliphatic carbocycles. The Bertz CT molecular complexity index is 589. The number of benzene rings is 2. The predicted octanol–water partition coefficient (Wildman–Crippen LogP) is 3.12. The molecule has 0 saturated carbocycles. The van der Waals surface area contributed by atoms with Crippen molar-refractivity contribution < 1.29 is 9.18 Å². The maximum Gasteiger partial charge on any atom is 0.244 e. The van der Waals surface area contributed by atoms with Crippen molar-refractivity contribution in [1.29, 1.82) is 0 Å². The van der Waals surface area contributed by atoms with Crippen LogP contribution in [0.15, 0.2) is 48.5 Å². The third-order valence-electron chi connectivity index (χ3n) is 2.65. The Kier molecular flexibility index (Phi) is 4.02. The normalized spacial score (nSPS) is 11.9. The first kappa shape index (κ1) is 13.4. The molecule has 0 radical (unpaired) electrons. The Labute approximate surface area is 115 Å². The highest BCUT2D eigenvalue weighted by atomic mass is 35.5. The maximum absolute atomic E-state index is 13.1. The fourth-order valence-corrected chi connectivity index (χ4v) is 1.90. The minimum absolute atomic E-state index is 0.0127. The first-order chi connectivity index (χ1) is 9.08. The number of halogens is 2. The Morgan fingerprint density at radius 1 is 1.21 bits per heavy atom. The molecule has 0 aromatic heterocycles. The molecule has 0 fully saturated rings. The van der Waals surface area contributed by atoms with Gasteiger partial charge in [-0.3, -0.25) is 4.79 Å². The minimum atomic E-state index is -0.692. The topological polar surface area (TPSA) is 55.1 Å². The van der Waals surface area contributed by atoms with Gasteiger partial charge in [0, 0.05) is 5.69 Å². The fourth-order valence-electron chi connectivity index (χ4n) is 1.72. The second kappa shape index (κ2) is 5.71. The van der Waals surface area contributed by atoms with Crippen molar-refractivity contribution in [2.24, 2.45) is 5.73 Å². The third kappa shape index (κ3) is 3.23. The Hall–Kier alpha value is -2.07. The van der Waals surface area contributed by atoms with E-state index in [-0.39, 0.29) is 5.02 Å². The lowest BCUT2D eigenvalue weighted by Gasteiger charge is -2.17. The van der Waals surface area contributed by atoms with E-state index in [1.807, 2.05) is 18.2 Å². The van der Waals surface area contributed by atoms with Gasteiger partial charge in [-0.2, -0.15) is 0 Å². The molecule has 0 aliphatic heterocycles. The molecule has 3 nitrogen and oxygen atoms in total. The quantitative estimate of drug-likeness (QED) is 0.903. The number of carbonyl (C=O) groups is 1. The van der Waals surface area contributed by atoms with E-state index in [0.29, 0.717) is 5.69 Å². The third-order valence-corrected chi connectivity index (χ3v) is 2.94. The number of hydrogen-bond acceptors (Lipinski definition) is 2. The van der Waals surface area contributed by atoms with Crippen molar-refractivity contribution in [2.75, 3.05) is 5.32 Å². The number of nitrogens with two attached hydrogens (primary N) is 1. The van der Waals surface area contributed by atoms with Gasteiger partial charge in [0.15, 0.2) is 0 Å². The summed E-state index contributed by atoms with van der Waals surface area (Å²) in [6, 6.07) is 12.5. The van der Waals surface area contributed by atoms with Crippen LogP contribution in [0.1, 0.15) is 11.6 Å². The molecule has 98 valence electrons. The lowest BCUT2D eigenvalue weighted by Crippen LogP contribution is -2.27. The molecule has 0 bridgehead atoms. The second-order valence-electron chi connectivity index (χ2n) is 4.02. The number of anilines is 1. The average molecular weight is 279 g/mol. The lowest BCUT2D eigenvalue weighted by atomic mass is 10.1. The number of amides is 1. The van der Waals surface area contributed by atoms with Crippen LogP contribution in [0.4, 0.5) is 10.1 Å². The molecule has 0 aliphatic rings. The Morgan fingerprint density at radius 2 is 1.89 bits per heavy atom. The van der Waals surface area contributed by atoms with Gasteiger partial charge in [0.1, 0.15) is 11.9 Å². The van der Waals surface area contributed by atoms with Crippen molar-refractivity contribution >= 4 is 23.2 Å². The molecule has 2 aromatic carbocycles. The minimum Gasteiger partial charge on any atom is -0.370 e. The van der Waals surface area contributed by atoms with Crippen LogP contribution in [0, 0.1) is 5.82 Å². The second-order valence-corrected chi connectivity index (χ2v) is 4.43. The van der Waals surface area contributed by atoms with E-state index in [4.69, 9.17) is 17.3 Å². The summed E-state index contributed by atoms with van der Waals surface area (Å²) in [5.41, 5.74) is 6.63. The summed E-state index contributed by atoms with van der Waals surface area (Å²) in [4.78, 5) is 11.5. The summed E-state index contributed by atoms with van der Waals surface area (Å²) in [5.74, 6) is -1.03. The molecule has 0 saturated heterocycles. The zero-order valence-electron chi connectivity index (χ0n) is 9.94. The predicted molar refractivity (Wildman–Crippen MR) is 73.4 cm³/mol. The van der Waals surface area contributed by atoms with Gasteiger partial charge in [0.25, 0.3) is 0 Å². The van der Waals surface area contributed by atoms with Gasteiger partial charge >= 0.3 is 0 Å². The lowest BCUT2D eigenvalue weighted by molar-refractivity contribution is -0.118. The molecule has 1 atom stereocenters. The van der Waals surface area contributed by atoms with E-state index >= 15 is 0 Å². The van der Waals surface area contributed by atoms with Gasteiger partial charge in [0.05, 0.1) is 5.02 Å². The Balaban J connectivity index is 2.27. The van der Waals surface area contributed by atoms with Gasteiger partial charge in [-0.1, -0.05) is 41.9 Å². The molecule has 0 heterocycles. The highest BCUT2D eigenvalue weighted by molar-refractivity contribution is 6.31. The number of primary amides is 1.